The minimum atomic E-state index is -0.507. The van der Waals surface area contributed by atoms with Gasteiger partial charge in [0.2, 0.25) is 0 Å². The van der Waals surface area contributed by atoms with Crippen LogP contribution < -0.4 is 11.1 Å². The van der Waals surface area contributed by atoms with Gasteiger partial charge >= 0.3 is 5.69 Å². The van der Waals surface area contributed by atoms with E-state index in [0.717, 1.165) is 10.4 Å². The molecule has 7 heteroatoms. The number of H-pyrrole nitrogens is 1. The number of aromatic nitrogens is 3. The van der Waals surface area contributed by atoms with E-state index in [1.165, 1.54) is 6.20 Å². The van der Waals surface area contributed by atoms with Crippen molar-refractivity contribution in [1.29, 1.82) is 0 Å². The number of hydrogen-bond donors (Lipinski definition) is 2. The van der Waals surface area contributed by atoms with Crippen LogP contribution in [0.3, 0.4) is 0 Å². The highest BCUT2D eigenvalue weighted by Gasteiger charge is 1.95. The summed E-state index contributed by atoms with van der Waals surface area (Å²) in [4.78, 5) is 15.5. The van der Waals surface area contributed by atoms with Crippen LogP contribution in [-0.2, 0) is 0 Å². The van der Waals surface area contributed by atoms with Gasteiger partial charge in [-0.15, -0.1) is 11.3 Å². The number of anilines is 1. The lowest BCUT2D eigenvalue weighted by atomic mass is 10.3. The number of hydrogen-bond acceptors (Lipinski definition) is 6. The molecule has 0 saturated carbocycles. The van der Waals surface area contributed by atoms with Gasteiger partial charge in [0.25, 0.3) is 0 Å². The van der Waals surface area contributed by atoms with Crippen LogP contribution in [0.2, 0.25) is 0 Å². The molecule has 0 radical (unpaired) electrons. The van der Waals surface area contributed by atoms with E-state index in [4.69, 9.17) is 0 Å². The minimum Gasteiger partial charge on any atom is -0.260 e. The Morgan fingerprint density at radius 2 is 2.50 bits per heavy atom. The molecule has 82 valence electrons. The standard InChI is InChI=1S/C9H9N5OS/c1-6-2-3-16-7(6)4-10-13-8-5-11-14-9(15)12-8/h2-5H,1H3,(H2,12,13,14,15)/b10-4+. The van der Waals surface area contributed by atoms with Crippen LogP contribution in [0.1, 0.15) is 10.4 Å². The van der Waals surface area contributed by atoms with E-state index < -0.39 is 5.69 Å². The molecular weight excluding hydrogens is 226 g/mol. The number of thiophene rings is 1. The van der Waals surface area contributed by atoms with Crippen LogP contribution in [-0.4, -0.2) is 21.4 Å². The van der Waals surface area contributed by atoms with Crippen LogP contribution >= 0.6 is 11.3 Å². The average molecular weight is 235 g/mol. The van der Waals surface area contributed by atoms with Gasteiger partial charge in [0.05, 0.1) is 12.4 Å². The average Bonchev–Trinajstić information content (AvgIpc) is 2.65. The smallest absolute Gasteiger partial charge is 0.260 e. The second-order valence-corrected chi connectivity index (χ2v) is 3.96. The summed E-state index contributed by atoms with van der Waals surface area (Å²) in [6.07, 6.45) is 3.07. The molecule has 16 heavy (non-hydrogen) atoms. The van der Waals surface area contributed by atoms with Gasteiger partial charge in [-0.1, -0.05) is 0 Å². The van der Waals surface area contributed by atoms with Crippen molar-refractivity contribution in [3.8, 4) is 0 Å². The molecule has 0 amide bonds. The van der Waals surface area contributed by atoms with E-state index in [9.17, 15) is 4.79 Å². The van der Waals surface area contributed by atoms with Gasteiger partial charge in [0.1, 0.15) is 0 Å². The maximum Gasteiger partial charge on any atom is 0.363 e. The van der Waals surface area contributed by atoms with Gasteiger partial charge in [0, 0.05) is 4.88 Å². The molecule has 2 aromatic rings. The summed E-state index contributed by atoms with van der Waals surface area (Å²) in [5.41, 5.74) is 3.29. The van der Waals surface area contributed by atoms with Gasteiger partial charge in [-0.25, -0.2) is 9.89 Å². The van der Waals surface area contributed by atoms with Crippen LogP contribution in [0.4, 0.5) is 5.82 Å². The third-order valence-corrected chi connectivity index (χ3v) is 2.79. The van der Waals surface area contributed by atoms with E-state index in [0.29, 0.717) is 5.82 Å². The fraction of sp³-hybridized carbons (Fsp3) is 0.111. The van der Waals surface area contributed by atoms with Crippen molar-refractivity contribution in [3.05, 3.63) is 38.6 Å². The molecule has 2 aromatic heterocycles. The highest BCUT2D eigenvalue weighted by atomic mass is 32.1. The molecule has 0 aromatic carbocycles. The summed E-state index contributed by atoms with van der Waals surface area (Å²) in [7, 11) is 0. The van der Waals surface area contributed by atoms with Crippen LogP contribution in [0.25, 0.3) is 0 Å². The first kappa shape index (κ1) is 10.5. The van der Waals surface area contributed by atoms with Crippen molar-refractivity contribution < 1.29 is 0 Å². The zero-order valence-electron chi connectivity index (χ0n) is 8.47. The van der Waals surface area contributed by atoms with Crippen molar-refractivity contribution >= 4 is 23.4 Å². The first-order valence-corrected chi connectivity index (χ1v) is 5.38. The Labute approximate surface area is 95.1 Å². The van der Waals surface area contributed by atoms with Crippen LogP contribution in [0, 0.1) is 6.92 Å². The zero-order valence-corrected chi connectivity index (χ0v) is 9.28. The third-order valence-electron chi connectivity index (χ3n) is 1.83. The topological polar surface area (TPSA) is 83.0 Å². The number of nitrogens with zero attached hydrogens (tertiary/aromatic N) is 3. The summed E-state index contributed by atoms with van der Waals surface area (Å²) in [6, 6.07) is 2.01. The minimum absolute atomic E-state index is 0.314. The van der Waals surface area contributed by atoms with Gasteiger partial charge < -0.3 is 0 Å². The summed E-state index contributed by atoms with van der Waals surface area (Å²) in [5, 5.41) is 11.7. The first-order valence-electron chi connectivity index (χ1n) is 4.50. The van der Waals surface area contributed by atoms with E-state index in [-0.39, 0.29) is 0 Å². The third kappa shape index (κ3) is 2.51. The van der Waals surface area contributed by atoms with Gasteiger partial charge in [-0.05, 0) is 23.9 Å². The molecule has 0 fully saturated rings. The van der Waals surface area contributed by atoms with Crippen molar-refractivity contribution in [2.45, 2.75) is 6.92 Å². The lowest BCUT2D eigenvalue weighted by Crippen LogP contribution is -2.13. The SMILES string of the molecule is Cc1ccsc1/C=N/Nc1cn[nH]c(=O)n1. The fourth-order valence-corrected chi connectivity index (χ4v) is 1.83. The fourth-order valence-electron chi connectivity index (χ4n) is 1.04. The summed E-state index contributed by atoms with van der Waals surface area (Å²) in [5.74, 6) is 0.314. The monoisotopic (exact) mass is 235 g/mol. The lowest BCUT2D eigenvalue weighted by molar-refractivity contribution is 0.913. The highest BCUT2D eigenvalue weighted by molar-refractivity contribution is 7.11. The molecule has 2 heterocycles. The summed E-state index contributed by atoms with van der Waals surface area (Å²) in [6.45, 7) is 2.00. The number of aromatic amines is 1. The first-order chi connectivity index (χ1) is 7.75. The van der Waals surface area contributed by atoms with Crippen molar-refractivity contribution in [1.82, 2.24) is 15.2 Å². The Morgan fingerprint density at radius 3 is 3.19 bits per heavy atom. The molecule has 0 spiro atoms. The van der Waals surface area contributed by atoms with E-state index >= 15 is 0 Å². The van der Waals surface area contributed by atoms with Gasteiger partial charge in [-0.3, -0.25) is 5.43 Å². The van der Waals surface area contributed by atoms with E-state index in [1.807, 2.05) is 18.4 Å². The largest absolute Gasteiger partial charge is 0.363 e. The van der Waals surface area contributed by atoms with E-state index in [1.54, 1.807) is 17.6 Å². The second-order valence-electron chi connectivity index (χ2n) is 3.01. The van der Waals surface area contributed by atoms with Gasteiger partial charge in [-0.2, -0.15) is 15.2 Å². The van der Waals surface area contributed by atoms with E-state index in [2.05, 4.69) is 25.7 Å². The number of nitrogens with one attached hydrogen (secondary N) is 2. The van der Waals surface area contributed by atoms with Crippen LogP contribution in [0.15, 0.2) is 27.5 Å². The Kier molecular flexibility index (Phi) is 3.06. The second kappa shape index (κ2) is 4.67. The molecule has 0 aliphatic heterocycles. The highest BCUT2D eigenvalue weighted by Crippen LogP contribution is 2.12. The molecule has 0 unspecified atom stereocenters. The summed E-state index contributed by atoms with van der Waals surface area (Å²) < 4.78 is 0. The molecular formula is C9H9N5OS. The quantitative estimate of drug-likeness (QED) is 0.613. The van der Waals surface area contributed by atoms with Crippen molar-refractivity contribution in [3.63, 3.8) is 0 Å². The molecule has 0 atom stereocenters. The Balaban J connectivity index is 2.05. The van der Waals surface area contributed by atoms with Crippen molar-refractivity contribution in [2.24, 2.45) is 5.10 Å². The molecule has 0 aliphatic rings. The maximum atomic E-state index is 10.8. The van der Waals surface area contributed by atoms with Gasteiger partial charge in [0.15, 0.2) is 5.82 Å². The zero-order chi connectivity index (χ0) is 11.4. The molecule has 0 bridgehead atoms. The molecule has 0 saturated heterocycles. The summed E-state index contributed by atoms with van der Waals surface area (Å²) >= 11 is 1.59. The molecule has 0 aliphatic carbocycles. The Bertz CT molecular complexity index is 559. The lowest BCUT2D eigenvalue weighted by Gasteiger charge is -1.95. The van der Waals surface area contributed by atoms with Crippen LogP contribution in [0.5, 0.6) is 0 Å². The Hall–Kier alpha value is -2.02. The normalized spacial score (nSPS) is 10.8. The predicted molar refractivity (Wildman–Crippen MR) is 62.9 cm³/mol. The Morgan fingerprint density at radius 1 is 1.62 bits per heavy atom. The number of rotatable bonds is 3. The number of aryl methyl sites for hydroxylation is 1. The maximum absolute atomic E-state index is 10.8. The molecule has 2 N–H and O–H groups in total. The molecule has 2 rings (SSSR count). The predicted octanol–water partition coefficient (Wildman–Crippen LogP) is 0.981. The molecule has 6 nitrogen and oxygen atoms in total. The number of hydrazone groups is 1. The van der Waals surface area contributed by atoms with Crippen molar-refractivity contribution in [2.75, 3.05) is 5.43 Å².